The molecule has 7 heteroatoms. The van der Waals surface area contributed by atoms with Crippen molar-refractivity contribution in [1.29, 1.82) is 0 Å². The van der Waals surface area contributed by atoms with Gasteiger partial charge in [0.2, 0.25) is 5.89 Å². The third-order valence-corrected chi connectivity index (χ3v) is 5.31. The zero-order valence-corrected chi connectivity index (χ0v) is 17.2. The van der Waals surface area contributed by atoms with Crippen LogP contribution < -0.4 is 5.32 Å². The van der Waals surface area contributed by atoms with E-state index in [-0.39, 0.29) is 11.3 Å². The fraction of sp³-hybridized carbons (Fsp3) is 0.167. The van der Waals surface area contributed by atoms with Gasteiger partial charge >= 0.3 is 0 Å². The summed E-state index contributed by atoms with van der Waals surface area (Å²) in [6.45, 7) is 4.32. The number of nitro groups is 1. The molecule has 0 bridgehead atoms. The number of amides is 1. The maximum absolute atomic E-state index is 12.6. The van der Waals surface area contributed by atoms with Gasteiger partial charge in [0.05, 0.1) is 4.92 Å². The highest BCUT2D eigenvalue weighted by Gasteiger charge is 2.19. The largest absolute Gasteiger partial charge is 0.436 e. The minimum Gasteiger partial charge on any atom is -0.436 e. The number of anilines is 1. The first-order chi connectivity index (χ1) is 15.0. The predicted molar refractivity (Wildman–Crippen MR) is 119 cm³/mol. The summed E-state index contributed by atoms with van der Waals surface area (Å²) in [6, 6.07) is 18.9. The van der Waals surface area contributed by atoms with Crippen molar-refractivity contribution >= 4 is 28.4 Å². The van der Waals surface area contributed by atoms with E-state index in [1.54, 1.807) is 24.3 Å². The van der Waals surface area contributed by atoms with Gasteiger partial charge in [-0.15, -0.1) is 0 Å². The Bertz CT molecular complexity index is 1280. The number of benzene rings is 3. The molecule has 0 aliphatic carbocycles. The topological polar surface area (TPSA) is 98.3 Å². The van der Waals surface area contributed by atoms with Gasteiger partial charge in [-0.2, -0.15) is 0 Å². The van der Waals surface area contributed by atoms with Crippen molar-refractivity contribution in [1.82, 2.24) is 4.98 Å². The quantitative estimate of drug-likeness (QED) is 0.300. The Labute approximate surface area is 178 Å². The Morgan fingerprint density at radius 3 is 2.71 bits per heavy atom. The molecule has 0 spiro atoms. The van der Waals surface area contributed by atoms with Gasteiger partial charge in [-0.3, -0.25) is 14.9 Å². The third-order valence-electron chi connectivity index (χ3n) is 5.31. The molecule has 4 rings (SSSR count). The SMILES string of the molecule is CCC(C)c1ccc2oc(-c3cccc(NC(=O)c4ccccc4[N+](=O)[O-])c3)nc2c1. The maximum atomic E-state index is 12.6. The van der Waals surface area contributed by atoms with E-state index in [2.05, 4.69) is 30.2 Å². The van der Waals surface area contributed by atoms with Crippen LogP contribution in [0.1, 0.15) is 42.1 Å². The second-order valence-electron chi connectivity index (χ2n) is 7.36. The van der Waals surface area contributed by atoms with E-state index >= 15 is 0 Å². The highest BCUT2D eigenvalue weighted by molar-refractivity contribution is 6.07. The average Bonchev–Trinajstić information content (AvgIpc) is 3.22. The summed E-state index contributed by atoms with van der Waals surface area (Å²) >= 11 is 0. The molecule has 1 amide bonds. The molecule has 0 saturated carbocycles. The molecule has 0 saturated heterocycles. The van der Waals surface area contributed by atoms with Gasteiger partial charge in [-0.25, -0.2) is 4.98 Å². The van der Waals surface area contributed by atoms with Crippen LogP contribution in [0.25, 0.3) is 22.6 Å². The molecule has 0 radical (unpaired) electrons. The molecule has 1 unspecified atom stereocenters. The van der Waals surface area contributed by atoms with E-state index in [0.29, 0.717) is 28.6 Å². The van der Waals surface area contributed by atoms with E-state index in [1.807, 2.05) is 18.2 Å². The number of para-hydroxylation sites is 1. The lowest BCUT2D eigenvalue weighted by molar-refractivity contribution is -0.385. The number of nitrogens with zero attached hydrogens (tertiary/aromatic N) is 2. The van der Waals surface area contributed by atoms with Gasteiger partial charge < -0.3 is 9.73 Å². The molecule has 0 aliphatic rings. The molecule has 0 fully saturated rings. The fourth-order valence-corrected chi connectivity index (χ4v) is 3.36. The molecule has 1 aromatic heterocycles. The van der Waals surface area contributed by atoms with Crippen LogP contribution in [0, 0.1) is 10.1 Å². The van der Waals surface area contributed by atoms with Gasteiger partial charge in [0.1, 0.15) is 11.1 Å². The van der Waals surface area contributed by atoms with Crippen LogP contribution in [-0.4, -0.2) is 15.8 Å². The van der Waals surface area contributed by atoms with Crippen molar-refractivity contribution < 1.29 is 14.1 Å². The number of rotatable bonds is 6. The van der Waals surface area contributed by atoms with Gasteiger partial charge in [-0.1, -0.05) is 38.1 Å². The first kappa shape index (κ1) is 20.3. The zero-order valence-electron chi connectivity index (χ0n) is 17.2. The van der Waals surface area contributed by atoms with Crippen LogP contribution >= 0.6 is 0 Å². The second-order valence-corrected chi connectivity index (χ2v) is 7.36. The van der Waals surface area contributed by atoms with Gasteiger partial charge in [0.25, 0.3) is 11.6 Å². The Morgan fingerprint density at radius 1 is 1.13 bits per heavy atom. The standard InChI is InChI=1S/C24H21N3O4/c1-3-15(2)16-11-12-22-20(14-16)26-24(31-22)17-7-6-8-18(13-17)25-23(28)19-9-4-5-10-21(19)27(29)30/h4-15H,3H2,1-2H3,(H,25,28). The smallest absolute Gasteiger partial charge is 0.282 e. The zero-order chi connectivity index (χ0) is 22.0. The molecule has 4 aromatic rings. The van der Waals surface area contributed by atoms with Crippen molar-refractivity contribution in [3.8, 4) is 11.5 Å². The maximum Gasteiger partial charge on any atom is 0.282 e. The van der Waals surface area contributed by atoms with E-state index in [4.69, 9.17) is 4.42 Å². The molecular formula is C24H21N3O4. The van der Waals surface area contributed by atoms with E-state index < -0.39 is 10.8 Å². The first-order valence-corrected chi connectivity index (χ1v) is 10.0. The normalized spacial score (nSPS) is 11.9. The van der Waals surface area contributed by atoms with E-state index in [1.165, 1.54) is 23.8 Å². The van der Waals surface area contributed by atoms with Crippen molar-refractivity contribution in [2.45, 2.75) is 26.2 Å². The molecule has 1 N–H and O–H groups in total. The number of hydrogen-bond donors (Lipinski definition) is 1. The van der Waals surface area contributed by atoms with Crippen LogP contribution in [0.4, 0.5) is 11.4 Å². The Morgan fingerprint density at radius 2 is 1.94 bits per heavy atom. The number of carbonyl (C=O) groups excluding carboxylic acids is 1. The van der Waals surface area contributed by atoms with Gasteiger partial charge in [-0.05, 0) is 54.3 Å². The number of nitrogens with one attached hydrogen (secondary N) is 1. The van der Waals surface area contributed by atoms with Gasteiger partial charge in [0, 0.05) is 17.3 Å². The second kappa shape index (κ2) is 8.39. The molecule has 31 heavy (non-hydrogen) atoms. The molecule has 3 aromatic carbocycles. The van der Waals surface area contributed by atoms with Crippen LogP contribution in [0.5, 0.6) is 0 Å². The Balaban J connectivity index is 1.62. The summed E-state index contributed by atoms with van der Waals surface area (Å²) in [5, 5.41) is 13.9. The Hall–Kier alpha value is -4.00. The Kier molecular flexibility index (Phi) is 5.49. The number of oxazole rings is 1. The van der Waals surface area contributed by atoms with Crippen LogP contribution in [0.3, 0.4) is 0 Å². The monoisotopic (exact) mass is 415 g/mol. The number of hydrogen-bond acceptors (Lipinski definition) is 5. The van der Waals surface area contributed by atoms with Crippen LogP contribution in [0.15, 0.2) is 71.1 Å². The van der Waals surface area contributed by atoms with Crippen molar-refractivity contribution in [3.63, 3.8) is 0 Å². The van der Waals surface area contributed by atoms with Crippen molar-refractivity contribution in [2.24, 2.45) is 0 Å². The summed E-state index contributed by atoms with van der Waals surface area (Å²) < 4.78 is 5.90. The molecule has 1 heterocycles. The minimum atomic E-state index is -0.572. The van der Waals surface area contributed by atoms with Crippen LogP contribution in [-0.2, 0) is 0 Å². The molecule has 7 nitrogen and oxygen atoms in total. The number of fused-ring (bicyclic) bond motifs is 1. The summed E-state index contributed by atoms with van der Waals surface area (Å²) in [7, 11) is 0. The number of aromatic nitrogens is 1. The minimum absolute atomic E-state index is 0.00246. The van der Waals surface area contributed by atoms with E-state index in [9.17, 15) is 14.9 Å². The molecular weight excluding hydrogens is 394 g/mol. The summed E-state index contributed by atoms with van der Waals surface area (Å²) in [5.41, 5.74) is 3.62. The predicted octanol–water partition coefficient (Wildman–Crippen LogP) is 6.17. The van der Waals surface area contributed by atoms with Crippen molar-refractivity contribution in [2.75, 3.05) is 5.32 Å². The molecule has 156 valence electrons. The lowest BCUT2D eigenvalue weighted by atomic mass is 9.98. The van der Waals surface area contributed by atoms with Crippen molar-refractivity contribution in [3.05, 3.63) is 88.0 Å². The number of nitro benzene ring substituents is 1. The summed E-state index contributed by atoms with van der Waals surface area (Å²) in [5.74, 6) is 0.323. The average molecular weight is 415 g/mol. The fourth-order valence-electron chi connectivity index (χ4n) is 3.36. The highest BCUT2D eigenvalue weighted by Crippen LogP contribution is 2.29. The van der Waals surface area contributed by atoms with E-state index in [0.717, 1.165) is 11.9 Å². The summed E-state index contributed by atoms with van der Waals surface area (Å²) in [4.78, 5) is 27.8. The van der Waals surface area contributed by atoms with Gasteiger partial charge in [0.15, 0.2) is 5.58 Å². The third kappa shape index (κ3) is 4.16. The van der Waals surface area contributed by atoms with Crippen LogP contribution in [0.2, 0.25) is 0 Å². The molecule has 1 atom stereocenters. The highest BCUT2D eigenvalue weighted by atomic mass is 16.6. The number of carbonyl (C=O) groups is 1. The first-order valence-electron chi connectivity index (χ1n) is 10.0. The lowest BCUT2D eigenvalue weighted by Crippen LogP contribution is -2.13. The summed E-state index contributed by atoms with van der Waals surface area (Å²) in [6.07, 6.45) is 1.04. The lowest BCUT2D eigenvalue weighted by Gasteiger charge is -2.07. The molecule has 0 aliphatic heterocycles.